The molecular formula is C15H20F2N4O. The topological polar surface area (TPSA) is 65.5 Å². The lowest BCUT2D eigenvalue weighted by Crippen LogP contribution is -2.41. The first-order valence-corrected chi connectivity index (χ1v) is 7.29. The van der Waals surface area contributed by atoms with Gasteiger partial charge in [0, 0.05) is 31.1 Å². The maximum Gasteiger partial charge on any atom is 0.257 e. The number of para-hydroxylation sites is 1. The highest BCUT2D eigenvalue weighted by molar-refractivity contribution is 5.94. The van der Waals surface area contributed by atoms with Crippen LogP contribution in [0, 0.1) is 0 Å². The minimum atomic E-state index is -2.48. The number of anilines is 1. The third kappa shape index (κ3) is 4.41. The Kier molecular flexibility index (Phi) is 5.68. The number of halogens is 2. The largest absolute Gasteiger partial charge is 0.357 e. The normalized spacial score (nSPS) is 17.9. The maximum atomic E-state index is 12.3. The number of rotatable bonds is 5. The van der Waals surface area contributed by atoms with Crippen LogP contribution in [0.25, 0.3) is 0 Å². The molecule has 0 fully saturated rings. The van der Waals surface area contributed by atoms with Crippen LogP contribution in [0.15, 0.2) is 29.3 Å². The van der Waals surface area contributed by atoms with Gasteiger partial charge in [0.15, 0.2) is 5.96 Å². The van der Waals surface area contributed by atoms with Gasteiger partial charge >= 0.3 is 0 Å². The molecule has 5 nitrogen and oxygen atoms in total. The summed E-state index contributed by atoms with van der Waals surface area (Å²) in [5.74, 6) is 0.284. The molecule has 0 aromatic heterocycles. The summed E-state index contributed by atoms with van der Waals surface area (Å²) in [6, 6.07) is 7.60. The number of guanidine groups is 1. The van der Waals surface area contributed by atoms with Crippen LogP contribution in [-0.4, -0.2) is 37.9 Å². The lowest BCUT2D eigenvalue weighted by molar-refractivity contribution is -0.116. The molecule has 0 aliphatic carbocycles. The fourth-order valence-electron chi connectivity index (χ4n) is 2.41. The third-order valence-electron chi connectivity index (χ3n) is 3.35. The van der Waals surface area contributed by atoms with E-state index < -0.39 is 13.0 Å². The van der Waals surface area contributed by atoms with E-state index in [1.54, 1.807) is 0 Å². The van der Waals surface area contributed by atoms with E-state index in [2.05, 4.69) is 20.9 Å². The number of alkyl halides is 2. The summed E-state index contributed by atoms with van der Waals surface area (Å²) in [5, 5.41) is 8.78. The number of aliphatic imine (C=N–C) groups is 1. The van der Waals surface area contributed by atoms with E-state index in [-0.39, 0.29) is 11.8 Å². The molecule has 0 saturated heterocycles. The molecule has 1 atom stereocenters. The lowest BCUT2D eigenvalue weighted by Gasteiger charge is -2.26. The molecule has 0 spiro atoms. The molecule has 22 heavy (non-hydrogen) atoms. The molecule has 0 saturated carbocycles. The molecule has 1 aliphatic heterocycles. The molecule has 1 aliphatic rings. The highest BCUT2D eigenvalue weighted by Gasteiger charge is 2.24. The predicted molar refractivity (Wildman–Crippen MR) is 82.4 cm³/mol. The van der Waals surface area contributed by atoms with Gasteiger partial charge < -0.3 is 16.0 Å². The number of fused-ring (bicyclic) bond motifs is 1. The van der Waals surface area contributed by atoms with Crippen LogP contribution in [0.2, 0.25) is 0 Å². The second kappa shape index (κ2) is 7.72. The lowest BCUT2D eigenvalue weighted by atomic mass is 9.90. The van der Waals surface area contributed by atoms with Crippen molar-refractivity contribution >= 4 is 17.6 Å². The van der Waals surface area contributed by atoms with Crippen molar-refractivity contribution in [2.45, 2.75) is 25.7 Å². The number of carbonyl (C=O) groups excluding carboxylic acids is 1. The average molecular weight is 310 g/mol. The second-order valence-corrected chi connectivity index (χ2v) is 5.03. The van der Waals surface area contributed by atoms with Crippen LogP contribution in [0.1, 0.15) is 24.8 Å². The molecule has 2 rings (SSSR count). The van der Waals surface area contributed by atoms with Gasteiger partial charge in [-0.25, -0.2) is 13.8 Å². The number of hydrogen-bond donors (Lipinski definition) is 3. The molecule has 1 heterocycles. The van der Waals surface area contributed by atoms with Crippen molar-refractivity contribution in [2.75, 3.05) is 25.0 Å². The molecule has 1 aromatic carbocycles. The monoisotopic (exact) mass is 310 g/mol. The first kappa shape index (κ1) is 16.2. The van der Waals surface area contributed by atoms with E-state index in [0.717, 1.165) is 11.3 Å². The van der Waals surface area contributed by atoms with E-state index in [9.17, 15) is 13.6 Å². The van der Waals surface area contributed by atoms with Crippen molar-refractivity contribution in [1.82, 2.24) is 10.6 Å². The van der Waals surface area contributed by atoms with Crippen LogP contribution in [-0.2, 0) is 4.79 Å². The van der Waals surface area contributed by atoms with Gasteiger partial charge in [-0.3, -0.25) is 4.79 Å². The van der Waals surface area contributed by atoms with Gasteiger partial charge in [0.25, 0.3) is 6.43 Å². The van der Waals surface area contributed by atoms with Crippen molar-refractivity contribution in [3.05, 3.63) is 29.8 Å². The zero-order valence-electron chi connectivity index (χ0n) is 12.4. The molecule has 3 N–H and O–H groups in total. The number of amides is 1. The highest BCUT2D eigenvalue weighted by Crippen LogP contribution is 2.31. The van der Waals surface area contributed by atoms with Crippen molar-refractivity contribution in [3.8, 4) is 0 Å². The Hall–Kier alpha value is -2.18. The number of nitrogens with zero attached hydrogens (tertiary/aromatic N) is 1. The Morgan fingerprint density at radius 2 is 2.18 bits per heavy atom. The smallest absolute Gasteiger partial charge is 0.257 e. The van der Waals surface area contributed by atoms with Crippen molar-refractivity contribution in [1.29, 1.82) is 0 Å². The first-order valence-electron chi connectivity index (χ1n) is 7.29. The van der Waals surface area contributed by atoms with E-state index >= 15 is 0 Å². The minimum Gasteiger partial charge on any atom is -0.357 e. The van der Waals surface area contributed by atoms with Crippen LogP contribution < -0.4 is 16.0 Å². The van der Waals surface area contributed by atoms with E-state index in [0.29, 0.717) is 25.5 Å². The van der Waals surface area contributed by atoms with Gasteiger partial charge in [0.1, 0.15) is 6.54 Å². The van der Waals surface area contributed by atoms with Crippen LogP contribution >= 0.6 is 0 Å². The Morgan fingerprint density at radius 1 is 1.41 bits per heavy atom. The number of nitrogens with one attached hydrogen (secondary N) is 3. The molecular weight excluding hydrogens is 290 g/mol. The number of benzene rings is 1. The van der Waals surface area contributed by atoms with E-state index in [4.69, 9.17) is 0 Å². The van der Waals surface area contributed by atoms with E-state index in [1.807, 2.05) is 31.2 Å². The number of hydrogen-bond acceptors (Lipinski definition) is 2. The minimum absolute atomic E-state index is 0.0136. The quantitative estimate of drug-likeness (QED) is 0.575. The summed E-state index contributed by atoms with van der Waals surface area (Å²) in [7, 11) is 0. The summed E-state index contributed by atoms with van der Waals surface area (Å²) in [4.78, 5) is 15.6. The van der Waals surface area contributed by atoms with Crippen LogP contribution in [0.5, 0.6) is 0 Å². The van der Waals surface area contributed by atoms with Gasteiger partial charge in [-0.05, 0) is 18.6 Å². The van der Waals surface area contributed by atoms with Gasteiger partial charge in [-0.15, -0.1) is 0 Å². The summed E-state index contributed by atoms with van der Waals surface area (Å²) in [5.41, 5.74) is 1.85. The first-order chi connectivity index (χ1) is 10.6. The third-order valence-corrected chi connectivity index (χ3v) is 3.35. The molecule has 0 bridgehead atoms. The maximum absolute atomic E-state index is 12.3. The molecule has 7 heteroatoms. The van der Waals surface area contributed by atoms with Gasteiger partial charge in [-0.2, -0.15) is 0 Å². The summed E-state index contributed by atoms with van der Waals surface area (Å²) in [6.07, 6.45) is -2.12. The summed E-state index contributed by atoms with van der Waals surface area (Å²) >= 11 is 0. The standard InChI is InChI=1S/C15H20F2N4O/c1-2-18-15(20-9-13(16)17)19-8-10-7-14(22)21-12-6-4-3-5-11(10)12/h3-6,10,13H,2,7-9H2,1H3,(H,21,22)(H2,18,19,20). The summed E-state index contributed by atoms with van der Waals surface area (Å²) in [6.45, 7) is 2.36. The Balaban J connectivity index is 2.03. The number of carbonyl (C=O) groups is 1. The Morgan fingerprint density at radius 3 is 2.91 bits per heavy atom. The van der Waals surface area contributed by atoms with Crippen molar-refractivity contribution < 1.29 is 13.6 Å². The van der Waals surface area contributed by atoms with Gasteiger partial charge in [0.2, 0.25) is 5.91 Å². The van der Waals surface area contributed by atoms with Crippen LogP contribution in [0.3, 0.4) is 0 Å². The molecule has 0 radical (unpaired) electrons. The SMILES string of the molecule is CCNC(=NCC(F)F)NCC1CC(=O)Nc2ccccc21. The van der Waals surface area contributed by atoms with E-state index in [1.165, 1.54) is 0 Å². The molecule has 1 amide bonds. The van der Waals surface area contributed by atoms with Crippen molar-refractivity contribution in [2.24, 2.45) is 4.99 Å². The average Bonchev–Trinajstić information content (AvgIpc) is 2.49. The highest BCUT2D eigenvalue weighted by atomic mass is 19.3. The van der Waals surface area contributed by atoms with Crippen molar-refractivity contribution in [3.63, 3.8) is 0 Å². The molecule has 1 unspecified atom stereocenters. The Labute approximate surface area is 128 Å². The van der Waals surface area contributed by atoms with Gasteiger partial charge in [0.05, 0.1) is 0 Å². The zero-order chi connectivity index (χ0) is 15.9. The predicted octanol–water partition coefficient (Wildman–Crippen LogP) is 1.93. The van der Waals surface area contributed by atoms with Crippen LogP contribution in [0.4, 0.5) is 14.5 Å². The summed E-state index contributed by atoms with van der Waals surface area (Å²) < 4.78 is 24.5. The fraction of sp³-hybridized carbons (Fsp3) is 0.467. The molecule has 120 valence electrons. The molecule has 1 aromatic rings. The van der Waals surface area contributed by atoms with Gasteiger partial charge in [-0.1, -0.05) is 18.2 Å². The Bertz CT molecular complexity index is 548. The zero-order valence-corrected chi connectivity index (χ0v) is 12.4. The fourth-order valence-corrected chi connectivity index (χ4v) is 2.41. The second-order valence-electron chi connectivity index (χ2n) is 5.03.